The lowest BCUT2D eigenvalue weighted by Crippen LogP contribution is -2.38. The van der Waals surface area contributed by atoms with E-state index in [0.29, 0.717) is 18.2 Å². The maximum Gasteiger partial charge on any atom is 0.253 e. The molecule has 134 valence electrons. The molecule has 2 aromatic heterocycles. The van der Waals surface area contributed by atoms with Crippen LogP contribution in [0.3, 0.4) is 0 Å². The van der Waals surface area contributed by atoms with Gasteiger partial charge in [-0.05, 0) is 30.5 Å². The molecule has 1 aliphatic rings. The molecule has 0 saturated heterocycles. The molecule has 0 unspecified atom stereocenters. The lowest BCUT2D eigenvalue weighted by molar-refractivity contribution is 0.0696. The largest absolute Gasteiger partial charge is 0.339 e. The molecule has 1 aliphatic carbocycles. The van der Waals surface area contributed by atoms with E-state index in [-0.39, 0.29) is 5.91 Å². The number of rotatable bonds is 4. The van der Waals surface area contributed by atoms with Gasteiger partial charge in [0, 0.05) is 25.2 Å². The molecule has 0 atom stereocenters. The third kappa shape index (κ3) is 3.31. The summed E-state index contributed by atoms with van der Waals surface area (Å²) in [6.07, 6.45) is 11.0. The zero-order valence-corrected chi connectivity index (χ0v) is 15.0. The number of carbonyl (C=O) groups is 1. The Morgan fingerprint density at radius 1 is 1.15 bits per heavy atom. The van der Waals surface area contributed by atoms with E-state index in [9.17, 15) is 4.79 Å². The Labute approximate surface area is 152 Å². The Hall–Kier alpha value is -2.76. The second-order valence-corrected chi connectivity index (χ2v) is 7.01. The van der Waals surface area contributed by atoms with E-state index in [1.165, 1.54) is 25.6 Å². The van der Waals surface area contributed by atoms with Gasteiger partial charge in [0.15, 0.2) is 5.65 Å². The second-order valence-electron chi connectivity index (χ2n) is 7.01. The van der Waals surface area contributed by atoms with Gasteiger partial charge in [0.25, 0.3) is 5.91 Å². The number of nitrogens with zero attached hydrogens (tertiary/aromatic N) is 5. The minimum atomic E-state index is 0.116. The molecule has 3 aromatic rings. The van der Waals surface area contributed by atoms with E-state index < -0.39 is 0 Å². The summed E-state index contributed by atoms with van der Waals surface area (Å²) in [5.41, 5.74) is 3.47. The van der Waals surface area contributed by atoms with Crippen molar-refractivity contribution in [3.8, 4) is 0 Å². The predicted octanol–water partition coefficient (Wildman–Crippen LogP) is 3.28. The monoisotopic (exact) mass is 349 g/mol. The SMILES string of the molecule is CN(C(=O)c1ccc(Cn2cnc3ncncc32)cc1)C1CCCCC1. The van der Waals surface area contributed by atoms with E-state index in [2.05, 4.69) is 15.0 Å². The van der Waals surface area contributed by atoms with Gasteiger partial charge in [0.2, 0.25) is 0 Å². The molecule has 0 radical (unpaired) electrons. The van der Waals surface area contributed by atoms with Gasteiger partial charge in [-0.1, -0.05) is 31.4 Å². The lowest BCUT2D eigenvalue weighted by Gasteiger charge is -2.31. The smallest absolute Gasteiger partial charge is 0.253 e. The summed E-state index contributed by atoms with van der Waals surface area (Å²) in [7, 11) is 1.93. The van der Waals surface area contributed by atoms with Gasteiger partial charge in [-0.25, -0.2) is 15.0 Å². The van der Waals surface area contributed by atoms with Gasteiger partial charge in [-0.15, -0.1) is 0 Å². The summed E-state index contributed by atoms with van der Waals surface area (Å²) < 4.78 is 2.01. The third-order valence-corrected chi connectivity index (χ3v) is 5.30. The van der Waals surface area contributed by atoms with Gasteiger partial charge in [-0.3, -0.25) is 4.79 Å². The minimum Gasteiger partial charge on any atom is -0.339 e. The molecule has 6 heteroatoms. The standard InChI is InChI=1S/C20H23N5O/c1-24(17-5-3-2-4-6-17)20(26)16-9-7-15(8-10-16)12-25-14-23-19-18(25)11-21-13-22-19/h7-11,13-14,17H,2-6,12H2,1H3. The molecule has 0 aliphatic heterocycles. The molecule has 0 N–H and O–H groups in total. The molecule has 1 saturated carbocycles. The lowest BCUT2D eigenvalue weighted by atomic mass is 9.94. The van der Waals surface area contributed by atoms with Crippen LogP contribution in [0.4, 0.5) is 0 Å². The first-order valence-electron chi connectivity index (χ1n) is 9.19. The zero-order valence-electron chi connectivity index (χ0n) is 15.0. The maximum atomic E-state index is 12.7. The van der Waals surface area contributed by atoms with Gasteiger partial charge < -0.3 is 9.47 Å². The number of amides is 1. The topological polar surface area (TPSA) is 63.9 Å². The van der Waals surface area contributed by atoms with E-state index >= 15 is 0 Å². The van der Waals surface area contributed by atoms with Crippen molar-refractivity contribution >= 4 is 17.1 Å². The van der Waals surface area contributed by atoms with E-state index in [1.807, 2.05) is 40.8 Å². The fraction of sp³-hybridized carbons (Fsp3) is 0.400. The predicted molar refractivity (Wildman–Crippen MR) is 99.8 cm³/mol. The third-order valence-electron chi connectivity index (χ3n) is 5.30. The number of carbonyl (C=O) groups excluding carboxylic acids is 1. The van der Waals surface area contributed by atoms with Crippen LogP contribution < -0.4 is 0 Å². The average molecular weight is 349 g/mol. The van der Waals surface area contributed by atoms with Gasteiger partial charge >= 0.3 is 0 Å². The van der Waals surface area contributed by atoms with Crippen molar-refractivity contribution in [3.63, 3.8) is 0 Å². The van der Waals surface area contributed by atoms with Crippen molar-refractivity contribution in [1.82, 2.24) is 24.4 Å². The summed E-state index contributed by atoms with van der Waals surface area (Å²) in [6, 6.07) is 8.25. The Kier molecular flexibility index (Phi) is 4.65. The highest BCUT2D eigenvalue weighted by atomic mass is 16.2. The van der Waals surface area contributed by atoms with Crippen LogP contribution in [0.2, 0.25) is 0 Å². The van der Waals surface area contributed by atoms with Crippen molar-refractivity contribution in [2.75, 3.05) is 7.05 Å². The number of fused-ring (bicyclic) bond motifs is 1. The van der Waals surface area contributed by atoms with Crippen molar-refractivity contribution in [2.24, 2.45) is 0 Å². The first-order valence-corrected chi connectivity index (χ1v) is 9.19. The molecule has 0 bridgehead atoms. The van der Waals surface area contributed by atoms with Crippen LogP contribution in [0.1, 0.15) is 48.0 Å². The van der Waals surface area contributed by atoms with Crippen LogP contribution in [-0.2, 0) is 6.54 Å². The normalized spacial score (nSPS) is 15.3. The van der Waals surface area contributed by atoms with E-state index in [0.717, 1.165) is 29.5 Å². The van der Waals surface area contributed by atoms with E-state index in [4.69, 9.17) is 0 Å². The Morgan fingerprint density at radius 2 is 1.92 bits per heavy atom. The molecule has 2 heterocycles. The number of hydrogen-bond acceptors (Lipinski definition) is 4. The van der Waals surface area contributed by atoms with Crippen LogP contribution in [0.25, 0.3) is 11.2 Å². The molecule has 1 amide bonds. The highest BCUT2D eigenvalue weighted by Crippen LogP contribution is 2.23. The van der Waals surface area contributed by atoms with Crippen LogP contribution >= 0.6 is 0 Å². The molecular formula is C20H23N5O. The van der Waals surface area contributed by atoms with Crippen molar-refractivity contribution in [3.05, 3.63) is 54.2 Å². The van der Waals surface area contributed by atoms with Gasteiger partial charge in [0.1, 0.15) is 11.8 Å². The number of imidazole rings is 1. The fourth-order valence-electron chi connectivity index (χ4n) is 3.72. The molecular weight excluding hydrogens is 326 g/mol. The van der Waals surface area contributed by atoms with Crippen LogP contribution in [0, 0.1) is 0 Å². The summed E-state index contributed by atoms with van der Waals surface area (Å²) in [6.45, 7) is 0.677. The quantitative estimate of drug-likeness (QED) is 0.725. The zero-order chi connectivity index (χ0) is 17.9. The fourth-order valence-corrected chi connectivity index (χ4v) is 3.72. The summed E-state index contributed by atoms with van der Waals surface area (Å²) in [5.74, 6) is 0.116. The first kappa shape index (κ1) is 16.7. The summed E-state index contributed by atoms with van der Waals surface area (Å²) in [5, 5.41) is 0. The van der Waals surface area contributed by atoms with Crippen LogP contribution in [0.15, 0.2) is 43.1 Å². The highest BCUT2D eigenvalue weighted by Gasteiger charge is 2.22. The maximum absolute atomic E-state index is 12.7. The molecule has 26 heavy (non-hydrogen) atoms. The van der Waals surface area contributed by atoms with Crippen LogP contribution in [-0.4, -0.2) is 43.4 Å². The second kappa shape index (κ2) is 7.23. The Bertz CT molecular complexity index is 896. The van der Waals surface area contributed by atoms with Crippen molar-refractivity contribution in [2.45, 2.75) is 44.7 Å². The Morgan fingerprint density at radius 3 is 2.69 bits per heavy atom. The molecule has 6 nitrogen and oxygen atoms in total. The van der Waals surface area contributed by atoms with Crippen molar-refractivity contribution < 1.29 is 4.79 Å². The number of hydrogen-bond donors (Lipinski definition) is 0. The van der Waals surface area contributed by atoms with Crippen molar-refractivity contribution in [1.29, 1.82) is 0 Å². The number of aromatic nitrogens is 4. The number of benzene rings is 1. The highest BCUT2D eigenvalue weighted by molar-refractivity contribution is 5.94. The van der Waals surface area contributed by atoms with Gasteiger partial charge in [-0.2, -0.15) is 0 Å². The van der Waals surface area contributed by atoms with E-state index in [1.54, 1.807) is 12.5 Å². The van der Waals surface area contributed by atoms with Crippen LogP contribution in [0.5, 0.6) is 0 Å². The molecule has 1 fully saturated rings. The first-order chi connectivity index (χ1) is 12.7. The summed E-state index contributed by atoms with van der Waals surface area (Å²) >= 11 is 0. The average Bonchev–Trinajstić information content (AvgIpc) is 3.11. The molecule has 4 rings (SSSR count). The molecule has 0 spiro atoms. The minimum absolute atomic E-state index is 0.116. The van der Waals surface area contributed by atoms with Gasteiger partial charge in [0.05, 0.1) is 12.5 Å². The Balaban J connectivity index is 1.47. The molecule has 1 aromatic carbocycles. The summed E-state index contributed by atoms with van der Waals surface area (Å²) in [4.78, 5) is 27.2.